The fourth-order valence-electron chi connectivity index (χ4n) is 4.25. The maximum absolute atomic E-state index is 11.8. The molecular weight excluding hydrogens is 847 g/mol. The van der Waals surface area contributed by atoms with E-state index in [-0.39, 0.29) is 88.1 Å². The summed E-state index contributed by atoms with van der Waals surface area (Å²) in [4.78, 5) is 87.3. The van der Waals surface area contributed by atoms with Crippen molar-refractivity contribution in [1.82, 2.24) is 0 Å². The molecule has 0 saturated heterocycles. The Labute approximate surface area is 364 Å². The van der Waals surface area contributed by atoms with E-state index in [2.05, 4.69) is 20.7 Å². The summed E-state index contributed by atoms with van der Waals surface area (Å²) in [5, 5.41) is 35.3. The summed E-state index contributed by atoms with van der Waals surface area (Å²) in [7, 11) is 4.31. The standard InChI is InChI=1S/C14H16O6.C10H10O5.C8H7BrO3.C6H10O3.Na.H2O/c1-4-20-14(18)12(8(2)15)10-6-5-9(19-3)7-11(10)13(16)17;1-15-7-3-2-6(4-9(11)12)8(5-7)10(13)14;1-12-5-2-3-7(9)6(4-5)8(10)11;1-3-9-6(8)4-5(2)7;;/h5-7,12H,4H2,1-3H3,(H,16,17);2-3,5H,4H2,1H3,(H,11,12)(H,13,14);2-4H,1H3,(H,10,11);3-4H2,1-2H3;;1H2/q;;;;+1;/p-1. The third kappa shape index (κ3) is 20.7. The van der Waals surface area contributed by atoms with Crippen LogP contribution in [-0.2, 0) is 39.9 Å². The number of benzene rings is 3. The number of aliphatic carboxylic acids is 1. The molecule has 3 aromatic carbocycles. The first-order chi connectivity index (χ1) is 26.3. The van der Waals surface area contributed by atoms with Crippen molar-refractivity contribution in [3.8, 4) is 17.2 Å². The van der Waals surface area contributed by atoms with Crippen molar-refractivity contribution in [3.63, 3.8) is 0 Å². The van der Waals surface area contributed by atoms with Gasteiger partial charge in [-0.05, 0) is 97.2 Å². The summed E-state index contributed by atoms with van der Waals surface area (Å²) in [6.45, 7) is 6.35. The minimum atomic E-state index is -1.24. The maximum atomic E-state index is 11.8. The van der Waals surface area contributed by atoms with Crippen LogP contribution in [0.1, 0.15) is 82.2 Å². The molecule has 0 bridgehead atoms. The second-order valence-electron chi connectivity index (χ2n) is 10.8. The molecule has 0 fully saturated rings. The molecule has 0 heterocycles. The van der Waals surface area contributed by atoms with E-state index in [4.69, 9.17) is 34.3 Å². The van der Waals surface area contributed by atoms with Crippen molar-refractivity contribution in [2.24, 2.45) is 0 Å². The minimum absolute atomic E-state index is 0. The topological polar surface area (TPSA) is 294 Å². The van der Waals surface area contributed by atoms with E-state index in [1.165, 1.54) is 77.6 Å². The molecule has 0 aliphatic carbocycles. The Morgan fingerprint density at radius 3 is 1.47 bits per heavy atom. The number of carboxylic acid groups (broad SMARTS) is 4. The van der Waals surface area contributed by atoms with Gasteiger partial charge in [0.25, 0.3) is 0 Å². The van der Waals surface area contributed by atoms with Gasteiger partial charge in [0.1, 0.15) is 41.2 Å². The van der Waals surface area contributed by atoms with Gasteiger partial charge in [-0.1, -0.05) is 12.1 Å². The van der Waals surface area contributed by atoms with E-state index in [1.807, 2.05) is 0 Å². The smallest absolute Gasteiger partial charge is 0.870 e. The summed E-state index contributed by atoms with van der Waals surface area (Å²) in [5.74, 6) is -6.26. The summed E-state index contributed by atoms with van der Waals surface area (Å²) >= 11 is 3.12. The number of ketones is 2. The van der Waals surface area contributed by atoms with E-state index in [1.54, 1.807) is 26.0 Å². The summed E-state index contributed by atoms with van der Waals surface area (Å²) in [5.41, 5.74) is 0.365. The van der Waals surface area contributed by atoms with Crippen LogP contribution in [0.3, 0.4) is 0 Å². The van der Waals surface area contributed by atoms with Crippen LogP contribution in [0.25, 0.3) is 0 Å². The molecule has 1 unspecified atom stereocenters. The number of halogens is 1. The number of carbonyl (C=O) groups is 8. The van der Waals surface area contributed by atoms with Crippen molar-refractivity contribution in [2.45, 2.75) is 46.5 Å². The first-order valence-electron chi connectivity index (χ1n) is 16.2. The monoisotopic (exact) mass is 890 g/mol. The van der Waals surface area contributed by atoms with E-state index >= 15 is 0 Å². The molecule has 0 aromatic heterocycles. The molecule has 312 valence electrons. The predicted molar refractivity (Wildman–Crippen MR) is 203 cm³/mol. The fourth-order valence-corrected chi connectivity index (χ4v) is 4.66. The van der Waals surface area contributed by atoms with Crippen molar-refractivity contribution in [2.75, 3.05) is 34.5 Å². The Hall–Kier alpha value is -5.34. The Kier molecular flexibility index (Phi) is 29.3. The van der Waals surface area contributed by atoms with Gasteiger partial charge in [-0.2, -0.15) is 0 Å². The van der Waals surface area contributed by atoms with Crippen LogP contribution in [-0.4, -0.2) is 108 Å². The van der Waals surface area contributed by atoms with Crippen LogP contribution >= 0.6 is 15.9 Å². The Morgan fingerprint density at radius 1 is 0.638 bits per heavy atom. The summed E-state index contributed by atoms with van der Waals surface area (Å²) < 4.78 is 24.5. The third-order valence-electron chi connectivity index (χ3n) is 6.72. The molecule has 0 aliphatic heterocycles. The van der Waals surface area contributed by atoms with Crippen LogP contribution in [0.15, 0.2) is 59.1 Å². The van der Waals surface area contributed by atoms with Crippen molar-refractivity contribution in [1.29, 1.82) is 0 Å². The number of aromatic carboxylic acids is 3. The van der Waals surface area contributed by atoms with Crippen LogP contribution < -0.4 is 43.8 Å². The van der Waals surface area contributed by atoms with Gasteiger partial charge in [-0.3, -0.25) is 24.0 Å². The molecule has 58 heavy (non-hydrogen) atoms. The molecule has 1 atom stereocenters. The Bertz CT molecular complexity index is 1880. The van der Waals surface area contributed by atoms with Gasteiger partial charge in [0.05, 0.1) is 57.7 Å². The second-order valence-corrected chi connectivity index (χ2v) is 11.6. The zero-order chi connectivity index (χ0) is 43.1. The number of hydrogen-bond donors (Lipinski definition) is 4. The number of esters is 2. The molecule has 0 amide bonds. The molecule has 20 heteroatoms. The van der Waals surface area contributed by atoms with Crippen LogP contribution in [0.4, 0.5) is 0 Å². The van der Waals surface area contributed by atoms with E-state index < -0.39 is 47.5 Å². The van der Waals surface area contributed by atoms with E-state index in [0.717, 1.165) is 0 Å². The molecular formula is C38H44BrNaO18. The molecule has 0 saturated carbocycles. The summed E-state index contributed by atoms with van der Waals surface area (Å²) in [6, 6.07) is 13.2. The molecule has 5 N–H and O–H groups in total. The number of carbonyl (C=O) groups excluding carboxylic acids is 4. The van der Waals surface area contributed by atoms with E-state index in [9.17, 15) is 43.5 Å². The number of hydrogen-bond acceptors (Lipinski definition) is 14. The van der Waals surface area contributed by atoms with Crippen LogP contribution in [0, 0.1) is 0 Å². The minimum Gasteiger partial charge on any atom is -0.870 e. The average molecular weight is 892 g/mol. The SMILES string of the molecule is CCOC(=O)C(C(C)=O)c1ccc(OC)cc1C(=O)O.CCOC(=O)CC(C)=O.COc1ccc(Br)c(C(=O)O)c1.COc1ccc(CC(=O)O)c(C(=O)O)c1.[Na+].[OH-]. The molecule has 18 nitrogen and oxygen atoms in total. The molecule has 0 spiro atoms. The van der Waals surface area contributed by atoms with Gasteiger partial charge in [-0.15, -0.1) is 0 Å². The quantitative estimate of drug-likeness (QED) is 0.0965. The van der Waals surface area contributed by atoms with Crippen molar-refractivity contribution < 1.29 is 118 Å². The van der Waals surface area contributed by atoms with Crippen molar-refractivity contribution >= 4 is 63.3 Å². The fraction of sp³-hybridized carbons (Fsp3) is 0.316. The molecule has 0 radical (unpaired) electrons. The number of rotatable bonds is 15. The Morgan fingerprint density at radius 2 is 1.07 bits per heavy atom. The number of methoxy groups -OCH3 is 3. The summed E-state index contributed by atoms with van der Waals surface area (Å²) in [6.07, 6.45) is -0.417. The van der Waals surface area contributed by atoms with Gasteiger partial charge in [0.2, 0.25) is 0 Å². The van der Waals surface area contributed by atoms with E-state index in [0.29, 0.717) is 28.3 Å². The maximum Gasteiger partial charge on any atom is 1.00 e. The number of ether oxygens (including phenoxy) is 5. The van der Waals surface area contributed by atoms with Gasteiger partial charge in [0, 0.05) is 4.47 Å². The van der Waals surface area contributed by atoms with Crippen molar-refractivity contribution in [3.05, 3.63) is 86.9 Å². The largest absolute Gasteiger partial charge is 1.00 e. The van der Waals surface area contributed by atoms with Gasteiger partial charge in [-0.25, -0.2) is 14.4 Å². The first-order valence-corrected chi connectivity index (χ1v) is 17.0. The number of Topliss-reactive ketones (excluding diaryl/α,β-unsaturated/α-hetero) is 2. The second kappa shape index (κ2) is 29.8. The van der Waals surface area contributed by atoms with Gasteiger partial charge >= 0.3 is 65.4 Å². The molecule has 3 rings (SSSR count). The number of carboxylic acids is 4. The molecule has 3 aromatic rings. The third-order valence-corrected chi connectivity index (χ3v) is 7.41. The zero-order valence-corrected chi connectivity index (χ0v) is 36.6. The normalized spacial score (nSPS) is 9.79. The van der Waals surface area contributed by atoms with Crippen LogP contribution in [0.5, 0.6) is 17.2 Å². The zero-order valence-electron chi connectivity index (χ0n) is 33.0. The van der Waals surface area contributed by atoms with Gasteiger partial charge < -0.3 is 49.6 Å². The average Bonchev–Trinajstić information content (AvgIpc) is 3.12. The first kappa shape index (κ1) is 57.0. The predicted octanol–water partition coefficient (Wildman–Crippen LogP) is 2.16. The van der Waals surface area contributed by atoms with Gasteiger partial charge in [0.15, 0.2) is 0 Å². The Balaban J connectivity index is -0.000000715. The van der Waals surface area contributed by atoms with Crippen LogP contribution in [0.2, 0.25) is 0 Å². The molecule has 0 aliphatic rings.